The van der Waals surface area contributed by atoms with Gasteiger partial charge < -0.3 is 14.4 Å². The zero-order valence-corrected chi connectivity index (χ0v) is 18.5. The molecule has 0 aliphatic carbocycles. The summed E-state index contributed by atoms with van der Waals surface area (Å²) in [5, 5.41) is 15.6. The average Bonchev–Trinajstić information content (AvgIpc) is 3.24. The predicted octanol–water partition coefficient (Wildman–Crippen LogP) is 4.14. The molecule has 3 aromatic heterocycles. The van der Waals surface area contributed by atoms with Crippen molar-refractivity contribution in [3.63, 3.8) is 0 Å². The third kappa shape index (κ3) is 5.06. The highest BCUT2D eigenvalue weighted by molar-refractivity contribution is 6.76. The number of fused-ring (bicyclic) bond motifs is 1. The van der Waals surface area contributed by atoms with E-state index in [9.17, 15) is 5.11 Å². The lowest BCUT2D eigenvalue weighted by atomic mass is 10.1. The number of aliphatic hydroxyl groups is 1. The van der Waals surface area contributed by atoms with Crippen LogP contribution in [0.25, 0.3) is 22.3 Å². The largest absolute Gasteiger partial charge is 0.372 e. The number of ether oxygens (including phenoxy) is 1. The van der Waals surface area contributed by atoms with Crippen LogP contribution in [0.1, 0.15) is 26.5 Å². The predicted molar refractivity (Wildman–Crippen MR) is 114 cm³/mol. The second-order valence-electron chi connectivity index (χ2n) is 8.91. The number of aromatic nitrogens is 5. The highest BCUT2D eigenvalue weighted by Crippen LogP contribution is 2.27. The second kappa shape index (κ2) is 8.55. The van der Waals surface area contributed by atoms with Crippen molar-refractivity contribution in [2.24, 2.45) is 5.92 Å². The summed E-state index contributed by atoms with van der Waals surface area (Å²) in [5.74, 6) is 0.392. The van der Waals surface area contributed by atoms with Gasteiger partial charge >= 0.3 is 0 Å². The van der Waals surface area contributed by atoms with Crippen molar-refractivity contribution in [1.82, 2.24) is 24.3 Å². The highest BCUT2D eigenvalue weighted by atomic mass is 28.3. The van der Waals surface area contributed by atoms with Gasteiger partial charge in [0, 0.05) is 38.0 Å². The van der Waals surface area contributed by atoms with Crippen molar-refractivity contribution in [1.29, 1.82) is 0 Å². The zero-order valence-electron chi connectivity index (χ0n) is 17.5. The number of nitrogens with zero attached hydrogens (tertiary/aromatic N) is 5. The van der Waals surface area contributed by atoms with Crippen LogP contribution in [-0.2, 0) is 11.5 Å². The van der Waals surface area contributed by atoms with Gasteiger partial charge in [-0.2, -0.15) is 5.10 Å². The van der Waals surface area contributed by atoms with E-state index in [-0.39, 0.29) is 0 Å². The van der Waals surface area contributed by atoms with Crippen LogP contribution in [0.3, 0.4) is 0 Å². The van der Waals surface area contributed by atoms with E-state index in [1.807, 2.05) is 23.0 Å². The Hall–Kier alpha value is -2.03. The summed E-state index contributed by atoms with van der Waals surface area (Å²) in [6.45, 7) is 12.5. The van der Waals surface area contributed by atoms with Crippen LogP contribution in [0.5, 0.6) is 0 Å². The summed E-state index contributed by atoms with van der Waals surface area (Å²) in [7, 11) is -1.09. The molecule has 1 unspecified atom stereocenters. The van der Waals surface area contributed by atoms with Gasteiger partial charge in [0.1, 0.15) is 24.9 Å². The number of aliphatic hydroxyl groups excluding tert-OH is 1. The molecule has 3 heterocycles. The first-order valence-corrected chi connectivity index (χ1v) is 13.6. The molecule has 8 heteroatoms. The zero-order chi connectivity index (χ0) is 20.3. The maximum Gasteiger partial charge on any atom is 0.147 e. The van der Waals surface area contributed by atoms with Crippen LogP contribution in [-0.4, -0.2) is 44.1 Å². The smallest absolute Gasteiger partial charge is 0.147 e. The van der Waals surface area contributed by atoms with Gasteiger partial charge in [0.2, 0.25) is 0 Å². The van der Waals surface area contributed by atoms with Gasteiger partial charge in [0.05, 0.1) is 11.9 Å². The third-order valence-corrected chi connectivity index (χ3v) is 6.35. The summed E-state index contributed by atoms with van der Waals surface area (Å²) < 4.78 is 9.47. The second-order valence-corrected chi connectivity index (χ2v) is 14.5. The van der Waals surface area contributed by atoms with Crippen LogP contribution in [0.2, 0.25) is 25.7 Å². The number of hydrogen-bond acceptors (Lipinski definition) is 5. The van der Waals surface area contributed by atoms with Gasteiger partial charge in [-0.3, -0.25) is 0 Å². The standard InChI is InChI=1S/C20H31N5O2Si/c1-15(2)10-18(26)25-12-16(11-23-25)19-17-6-7-24(20(17)22-13-21-19)14-27-8-9-28(3,4)5/h6-7,11-13,15,18,26H,8-10,14H2,1-5H3. The molecular formula is C20H31N5O2Si. The lowest BCUT2D eigenvalue weighted by molar-refractivity contribution is 0.0687. The molecule has 1 N–H and O–H groups in total. The van der Waals surface area contributed by atoms with Crippen molar-refractivity contribution < 1.29 is 9.84 Å². The summed E-state index contributed by atoms with van der Waals surface area (Å²) in [6, 6.07) is 3.15. The Balaban J connectivity index is 1.77. The number of rotatable bonds is 9. The van der Waals surface area contributed by atoms with Crippen molar-refractivity contribution in [3.05, 3.63) is 31.0 Å². The fourth-order valence-electron chi connectivity index (χ4n) is 3.03. The minimum Gasteiger partial charge on any atom is -0.372 e. The van der Waals surface area contributed by atoms with Crippen molar-refractivity contribution in [2.45, 2.75) is 58.9 Å². The lowest BCUT2D eigenvalue weighted by Gasteiger charge is -2.15. The maximum atomic E-state index is 10.3. The molecule has 7 nitrogen and oxygen atoms in total. The first-order valence-electron chi connectivity index (χ1n) is 9.85. The third-order valence-electron chi connectivity index (χ3n) is 4.65. The highest BCUT2D eigenvalue weighted by Gasteiger charge is 2.16. The SMILES string of the molecule is CC(C)CC(O)n1cc(-c2ncnc3c2ccn3COCC[Si](C)(C)C)cn1. The molecular weight excluding hydrogens is 370 g/mol. The monoisotopic (exact) mass is 401 g/mol. The van der Waals surface area contributed by atoms with Crippen LogP contribution < -0.4 is 0 Å². The molecule has 0 aliphatic rings. The van der Waals surface area contributed by atoms with Gasteiger partial charge in [0.15, 0.2) is 0 Å². The summed E-state index contributed by atoms with van der Waals surface area (Å²) in [4.78, 5) is 8.90. The van der Waals surface area contributed by atoms with Crippen LogP contribution in [0.4, 0.5) is 0 Å². The van der Waals surface area contributed by atoms with Crippen LogP contribution in [0, 0.1) is 5.92 Å². The molecule has 0 saturated heterocycles. The van der Waals surface area contributed by atoms with Crippen LogP contribution >= 0.6 is 0 Å². The van der Waals surface area contributed by atoms with Crippen molar-refractivity contribution in [2.75, 3.05) is 6.61 Å². The van der Waals surface area contributed by atoms with Gasteiger partial charge in [-0.15, -0.1) is 0 Å². The molecule has 0 amide bonds. The molecule has 152 valence electrons. The number of hydrogen-bond donors (Lipinski definition) is 1. The van der Waals surface area contributed by atoms with Crippen LogP contribution in [0.15, 0.2) is 31.0 Å². The maximum absolute atomic E-state index is 10.3. The minimum atomic E-state index is -1.09. The van der Waals surface area contributed by atoms with E-state index in [0.29, 0.717) is 19.1 Å². The molecule has 1 atom stereocenters. The van der Waals surface area contributed by atoms with E-state index < -0.39 is 14.3 Å². The van der Waals surface area contributed by atoms with Gasteiger partial charge in [-0.05, 0) is 24.4 Å². The summed E-state index contributed by atoms with van der Waals surface area (Å²) >= 11 is 0. The van der Waals surface area contributed by atoms with E-state index >= 15 is 0 Å². The fourth-order valence-corrected chi connectivity index (χ4v) is 3.79. The minimum absolute atomic E-state index is 0.392. The molecule has 28 heavy (non-hydrogen) atoms. The van der Waals surface area contributed by atoms with Gasteiger partial charge in [-0.25, -0.2) is 14.6 Å². The Kier molecular flexibility index (Phi) is 6.32. The molecule has 3 rings (SSSR count). The van der Waals surface area contributed by atoms with E-state index in [1.165, 1.54) is 0 Å². The molecule has 0 spiro atoms. The quantitative estimate of drug-likeness (QED) is 0.430. The Morgan fingerprint density at radius 1 is 1.21 bits per heavy atom. The van der Waals surface area contributed by atoms with E-state index in [2.05, 4.69) is 48.6 Å². The first-order chi connectivity index (χ1) is 13.2. The van der Waals surface area contributed by atoms with Gasteiger partial charge in [-0.1, -0.05) is 33.5 Å². The molecule has 3 aromatic rings. The summed E-state index contributed by atoms with van der Waals surface area (Å²) in [6.07, 6.45) is 7.17. The topological polar surface area (TPSA) is 78.0 Å². The van der Waals surface area contributed by atoms with Crippen molar-refractivity contribution >= 4 is 19.1 Å². The fraction of sp³-hybridized carbons (Fsp3) is 0.550. The molecule has 0 saturated carbocycles. The Labute approximate surface area is 167 Å². The molecule has 0 fully saturated rings. The molecule has 0 radical (unpaired) electrons. The molecule has 0 aromatic carbocycles. The average molecular weight is 402 g/mol. The summed E-state index contributed by atoms with van der Waals surface area (Å²) in [5.41, 5.74) is 2.52. The van der Waals surface area contributed by atoms with E-state index in [0.717, 1.165) is 34.9 Å². The molecule has 0 bridgehead atoms. The van der Waals surface area contributed by atoms with E-state index in [1.54, 1.807) is 17.2 Å². The van der Waals surface area contributed by atoms with Gasteiger partial charge in [0.25, 0.3) is 0 Å². The van der Waals surface area contributed by atoms with Crippen molar-refractivity contribution in [3.8, 4) is 11.3 Å². The lowest BCUT2D eigenvalue weighted by Crippen LogP contribution is -2.22. The first kappa shape index (κ1) is 20.7. The Morgan fingerprint density at radius 2 is 2.00 bits per heavy atom. The van der Waals surface area contributed by atoms with E-state index in [4.69, 9.17) is 4.74 Å². The normalized spacial score (nSPS) is 13.5. The Morgan fingerprint density at radius 3 is 2.71 bits per heavy atom. The Bertz CT molecular complexity index is 913. The molecule has 0 aliphatic heterocycles.